The fraction of sp³-hybridized carbons (Fsp3) is 0.261. The number of hydrogen-bond donors (Lipinski definition) is 3. The van der Waals surface area contributed by atoms with Gasteiger partial charge in [-0.05, 0) is 24.1 Å². The van der Waals surface area contributed by atoms with Crippen LogP contribution >= 0.6 is 0 Å². The first-order valence-corrected chi connectivity index (χ1v) is 9.88. The van der Waals surface area contributed by atoms with Gasteiger partial charge in [-0.15, -0.1) is 0 Å². The van der Waals surface area contributed by atoms with Crippen molar-refractivity contribution in [3.05, 3.63) is 71.9 Å². The predicted molar refractivity (Wildman–Crippen MR) is 115 cm³/mol. The minimum Gasteiger partial charge on any atom is -0.467 e. The highest BCUT2D eigenvalue weighted by Crippen LogP contribution is 2.19. The number of ether oxygens (including phenoxy) is 2. The molecule has 1 aromatic heterocycles. The van der Waals surface area contributed by atoms with Gasteiger partial charge < -0.3 is 25.1 Å². The van der Waals surface area contributed by atoms with Crippen molar-refractivity contribution in [1.82, 2.24) is 15.6 Å². The van der Waals surface area contributed by atoms with E-state index in [2.05, 4.69) is 20.4 Å². The number of methoxy groups -OCH3 is 1. The molecule has 0 fully saturated rings. The van der Waals surface area contributed by atoms with Gasteiger partial charge >= 0.3 is 12.1 Å². The van der Waals surface area contributed by atoms with Gasteiger partial charge in [0.1, 0.15) is 18.7 Å². The molecule has 162 valence electrons. The van der Waals surface area contributed by atoms with Gasteiger partial charge in [0, 0.05) is 23.5 Å². The maximum atomic E-state index is 12.8. The number of H-pyrrole nitrogens is 1. The summed E-state index contributed by atoms with van der Waals surface area (Å²) in [5, 5.41) is 6.13. The lowest BCUT2D eigenvalue weighted by molar-refractivity contribution is -0.144. The number of fused-ring (bicyclic) bond motifs is 1. The second-order valence-electron chi connectivity index (χ2n) is 7.08. The molecule has 3 rings (SSSR count). The number of carbonyl (C=O) groups is 3. The summed E-state index contributed by atoms with van der Waals surface area (Å²) < 4.78 is 9.91. The number of carbonyl (C=O) groups excluding carboxylic acids is 3. The zero-order valence-corrected chi connectivity index (χ0v) is 17.4. The average molecular weight is 423 g/mol. The Morgan fingerprint density at radius 2 is 1.71 bits per heavy atom. The maximum Gasteiger partial charge on any atom is 0.408 e. The summed E-state index contributed by atoms with van der Waals surface area (Å²) in [4.78, 5) is 40.1. The molecule has 0 aliphatic rings. The van der Waals surface area contributed by atoms with Crippen molar-refractivity contribution in [3.8, 4) is 0 Å². The van der Waals surface area contributed by atoms with Crippen LogP contribution in [0.2, 0.25) is 0 Å². The number of aromatic amines is 1. The van der Waals surface area contributed by atoms with Crippen molar-refractivity contribution < 1.29 is 23.9 Å². The lowest BCUT2D eigenvalue weighted by atomic mass is 10.0. The largest absolute Gasteiger partial charge is 0.467 e. The number of aromatic nitrogens is 1. The Morgan fingerprint density at radius 1 is 1.00 bits per heavy atom. The minimum absolute atomic E-state index is 0.0761. The molecule has 0 radical (unpaired) electrons. The third-order valence-electron chi connectivity index (χ3n) is 4.83. The van der Waals surface area contributed by atoms with E-state index in [1.165, 1.54) is 14.0 Å². The van der Waals surface area contributed by atoms with Gasteiger partial charge in [0.2, 0.25) is 5.91 Å². The summed E-state index contributed by atoms with van der Waals surface area (Å²) in [6.07, 6.45) is 1.28. The van der Waals surface area contributed by atoms with Crippen molar-refractivity contribution in [2.75, 3.05) is 7.11 Å². The zero-order valence-electron chi connectivity index (χ0n) is 17.4. The van der Waals surface area contributed by atoms with Gasteiger partial charge in [-0.1, -0.05) is 48.5 Å². The average Bonchev–Trinajstić information content (AvgIpc) is 3.20. The Balaban J connectivity index is 1.72. The number of benzene rings is 2. The van der Waals surface area contributed by atoms with Gasteiger partial charge in [0.05, 0.1) is 7.11 Å². The molecular formula is C23H25N3O5. The highest BCUT2D eigenvalue weighted by molar-refractivity contribution is 5.91. The van der Waals surface area contributed by atoms with Crippen molar-refractivity contribution in [1.29, 1.82) is 0 Å². The molecule has 2 aromatic carbocycles. The Morgan fingerprint density at radius 3 is 2.45 bits per heavy atom. The van der Waals surface area contributed by atoms with Crippen LogP contribution in [0.3, 0.4) is 0 Å². The normalized spacial score (nSPS) is 12.6. The van der Waals surface area contributed by atoms with Crippen LogP contribution in [0.5, 0.6) is 0 Å². The van der Waals surface area contributed by atoms with Crippen LogP contribution < -0.4 is 10.6 Å². The summed E-state index contributed by atoms with van der Waals surface area (Å²) in [5.74, 6) is -1.09. The van der Waals surface area contributed by atoms with Gasteiger partial charge in [-0.3, -0.25) is 4.79 Å². The number of nitrogens with one attached hydrogen (secondary N) is 3. The summed E-state index contributed by atoms with van der Waals surface area (Å²) in [7, 11) is 1.24. The number of esters is 1. The summed E-state index contributed by atoms with van der Waals surface area (Å²) in [5.41, 5.74) is 2.60. The second-order valence-corrected chi connectivity index (χ2v) is 7.08. The number of alkyl carbamates (subject to hydrolysis) is 1. The van der Waals surface area contributed by atoms with E-state index in [9.17, 15) is 14.4 Å². The molecule has 0 bridgehead atoms. The lowest BCUT2D eigenvalue weighted by Gasteiger charge is -2.20. The molecule has 0 aliphatic heterocycles. The maximum absolute atomic E-state index is 12.8. The monoisotopic (exact) mass is 423 g/mol. The van der Waals surface area contributed by atoms with Crippen molar-refractivity contribution in [3.63, 3.8) is 0 Å². The Labute approximate surface area is 179 Å². The van der Waals surface area contributed by atoms with Crippen LogP contribution in [0.1, 0.15) is 18.1 Å². The molecule has 0 spiro atoms. The highest BCUT2D eigenvalue weighted by atomic mass is 16.5. The van der Waals surface area contributed by atoms with Crippen LogP contribution in [-0.2, 0) is 32.1 Å². The lowest BCUT2D eigenvalue weighted by Crippen LogP contribution is -2.52. The van der Waals surface area contributed by atoms with E-state index < -0.39 is 30.1 Å². The number of hydrogen-bond acceptors (Lipinski definition) is 5. The van der Waals surface area contributed by atoms with Crippen molar-refractivity contribution in [2.24, 2.45) is 0 Å². The molecule has 31 heavy (non-hydrogen) atoms. The Bertz CT molecular complexity index is 1050. The second kappa shape index (κ2) is 10.3. The van der Waals surface area contributed by atoms with Crippen LogP contribution in [0, 0.1) is 0 Å². The standard InChI is InChI=1S/C23H25N3O5/c1-15(22(28)30-2)25-21(27)20(12-17-13-24-19-11-7-6-10-18(17)19)26-23(29)31-14-16-8-4-3-5-9-16/h3-11,13,15,20,24H,12,14H2,1-2H3,(H,25,27)(H,26,29). The van der Waals surface area contributed by atoms with E-state index in [4.69, 9.17) is 4.74 Å². The summed E-state index contributed by atoms with van der Waals surface area (Å²) in [6, 6.07) is 15.1. The fourth-order valence-electron chi connectivity index (χ4n) is 3.19. The zero-order chi connectivity index (χ0) is 22.2. The van der Waals surface area contributed by atoms with Crippen LogP contribution in [0.4, 0.5) is 4.79 Å². The SMILES string of the molecule is COC(=O)C(C)NC(=O)C(Cc1c[nH]c2ccccc12)NC(=O)OCc1ccccc1. The van der Waals surface area contributed by atoms with E-state index in [0.29, 0.717) is 0 Å². The summed E-state index contributed by atoms with van der Waals surface area (Å²) >= 11 is 0. The van der Waals surface area contributed by atoms with E-state index in [-0.39, 0.29) is 13.0 Å². The molecule has 2 atom stereocenters. The molecule has 0 saturated heterocycles. The van der Waals surface area contributed by atoms with Crippen LogP contribution in [-0.4, -0.2) is 42.1 Å². The molecule has 0 saturated carbocycles. The number of rotatable bonds is 8. The summed E-state index contributed by atoms with van der Waals surface area (Å²) in [6.45, 7) is 1.59. The first-order chi connectivity index (χ1) is 15.0. The minimum atomic E-state index is -0.949. The van der Waals surface area contributed by atoms with Gasteiger partial charge in [-0.2, -0.15) is 0 Å². The molecule has 8 heteroatoms. The molecule has 3 aromatic rings. The quantitative estimate of drug-likeness (QED) is 0.483. The van der Waals surface area contributed by atoms with Crippen LogP contribution in [0.25, 0.3) is 10.9 Å². The smallest absolute Gasteiger partial charge is 0.408 e. The highest BCUT2D eigenvalue weighted by Gasteiger charge is 2.26. The number of amides is 2. The van der Waals surface area contributed by atoms with Gasteiger partial charge in [-0.25, -0.2) is 9.59 Å². The molecule has 0 aliphatic carbocycles. The Hall–Kier alpha value is -3.81. The van der Waals surface area contributed by atoms with E-state index >= 15 is 0 Å². The first-order valence-electron chi connectivity index (χ1n) is 9.88. The van der Waals surface area contributed by atoms with E-state index in [1.807, 2.05) is 54.6 Å². The molecule has 3 N–H and O–H groups in total. The Kier molecular flexibility index (Phi) is 7.26. The van der Waals surface area contributed by atoms with Crippen LogP contribution in [0.15, 0.2) is 60.8 Å². The molecule has 1 heterocycles. The predicted octanol–water partition coefficient (Wildman–Crippen LogP) is 2.68. The third-order valence-corrected chi connectivity index (χ3v) is 4.83. The molecule has 2 unspecified atom stereocenters. The molecule has 2 amide bonds. The van der Waals surface area contributed by atoms with Gasteiger partial charge in [0.15, 0.2) is 0 Å². The van der Waals surface area contributed by atoms with E-state index in [0.717, 1.165) is 22.0 Å². The van der Waals surface area contributed by atoms with Crippen molar-refractivity contribution in [2.45, 2.75) is 32.0 Å². The van der Waals surface area contributed by atoms with Crippen molar-refractivity contribution >= 4 is 28.9 Å². The molecule has 8 nitrogen and oxygen atoms in total. The first kappa shape index (κ1) is 21.9. The molecular weight excluding hydrogens is 398 g/mol. The van der Waals surface area contributed by atoms with Gasteiger partial charge in [0.25, 0.3) is 0 Å². The fourth-order valence-corrected chi connectivity index (χ4v) is 3.19. The van der Waals surface area contributed by atoms with E-state index in [1.54, 1.807) is 6.20 Å². The third kappa shape index (κ3) is 5.85. The number of para-hydroxylation sites is 1. The topological polar surface area (TPSA) is 110 Å².